The number of hydrogen-bond donors (Lipinski definition) is 2. The van der Waals surface area contributed by atoms with Crippen molar-refractivity contribution in [2.45, 2.75) is 6.42 Å². The van der Waals surface area contributed by atoms with Gasteiger partial charge in [0, 0.05) is 12.1 Å². The maximum absolute atomic E-state index is 6.27. The summed E-state index contributed by atoms with van der Waals surface area (Å²) in [5.74, 6) is 6.92. The van der Waals surface area contributed by atoms with E-state index in [0.717, 1.165) is 0 Å². The lowest BCUT2D eigenvalue weighted by molar-refractivity contribution is 0.223. The summed E-state index contributed by atoms with van der Waals surface area (Å²) in [5, 5.41) is 6.18. The van der Waals surface area contributed by atoms with Gasteiger partial charge in [0.2, 0.25) is 0 Å². The zero-order valence-electron chi connectivity index (χ0n) is 12.5. The number of aliphatic imine (C=N–C) groups is 1. The Labute approximate surface area is 138 Å². The van der Waals surface area contributed by atoms with Crippen LogP contribution in [0, 0.1) is 0 Å². The van der Waals surface area contributed by atoms with Crippen molar-refractivity contribution in [2.75, 3.05) is 18.7 Å². The van der Waals surface area contributed by atoms with Gasteiger partial charge in [-0.3, -0.25) is 5.01 Å². The van der Waals surface area contributed by atoms with Gasteiger partial charge in [-0.05, 0) is 18.2 Å². The summed E-state index contributed by atoms with van der Waals surface area (Å²) in [5.41, 5.74) is 8.63. The second kappa shape index (κ2) is 6.37. The Morgan fingerprint density at radius 3 is 2.96 bits per heavy atom. The molecule has 0 atom stereocenters. The molecule has 2 heterocycles. The average Bonchev–Trinajstić information content (AvgIpc) is 3.02. The summed E-state index contributed by atoms with van der Waals surface area (Å²) in [7, 11) is 1.57. The topological polar surface area (TPSA) is 108 Å². The van der Waals surface area contributed by atoms with Crippen molar-refractivity contribution in [1.82, 2.24) is 14.8 Å². The molecule has 0 amide bonds. The van der Waals surface area contributed by atoms with E-state index in [0.29, 0.717) is 40.0 Å². The van der Waals surface area contributed by atoms with Gasteiger partial charge in [0.25, 0.3) is 0 Å². The Kier molecular flexibility index (Phi) is 4.28. The van der Waals surface area contributed by atoms with E-state index in [2.05, 4.69) is 15.1 Å². The molecule has 0 spiro atoms. The summed E-state index contributed by atoms with van der Waals surface area (Å²) in [6, 6.07) is 5.29. The monoisotopic (exact) mass is 333 g/mol. The molecule has 1 aromatic carbocycles. The van der Waals surface area contributed by atoms with Crippen molar-refractivity contribution < 1.29 is 4.74 Å². The maximum Gasteiger partial charge on any atom is 0.138 e. The number of nitrogens with two attached hydrogens (primary N) is 2. The van der Waals surface area contributed by atoms with Gasteiger partial charge in [0.05, 0.1) is 35.8 Å². The first-order chi connectivity index (χ1) is 11.1. The van der Waals surface area contributed by atoms with Crippen molar-refractivity contribution in [2.24, 2.45) is 16.6 Å². The van der Waals surface area contributed by atoms with Gasteiger partial charge in [-0.1, -0.05) is 11.6 Å². The third-order valence-electron chi connectivity index (χ3n) is 3.42. The number of nitrogens with zero attached hydrogens (tertiary/aromatic N) is 5. The number of allylic oxidation sites excluding steroid dienone is 1. The second-order valence-electron chi connectivity index (χ2n) is 4.95. The first-order valence-corrected chi connectivity index (χ1v) is 7.21. The molecule has 0 aliphatic carbocycles. The molecule has 8 nitrogen and oxygen atoms in total. The standard InChI is InChI=1S/C14H16ClN7O/c1-23-6-10(16)12-5-14(21-8-18-7-19-21)20-11-3-2-9(15)4-13(11)22(12)17/h2-4,7-8H,5-6,16-17H2,1H3/b12-10-. The minimum absolute atomic E-state index is 0.254. The Hall–Kier alpha value is -2.42. The molecule has 1 aliphatic rings. The molecule has 0 saturated carbocycles. The molecule has 0 fully saturated rings. The van der Waals surface area contributed by atoms with Crippen LogP contribution in [0.3, 0.4) is 0 Å². The quantitative estimate of drug-likeness (QED) is 0.804. The molecule has 2 aromatic rings. The minimum atomic E-state index is 0.254. The average molecular weight is 334 g/mol. The Morgan fingerprint density at radius 1 is 1.43 bits per heavy atom. The minimum Gasteiger partial charge on any atom is -0.399 e. The summed E-state index contributed by atoms with van der Waals surface area (Å²) in [6.07, 6.45) is 3.39. The fraction of sp³-hybridized carbons (Fsp3) is 0.214. The van der Waals surface area contributed by atoms with E-state index in [1.807, 2.05) is 0 Å². The third kappa shape index (κ3) is 3.04. The first kappa shape index (κ1) is 15.5. The van der Waals surface area contributed by atoms with Gasteiger partial charge in [0.1, 0.15) is 18.5 Å². The largest absolute Gasteiger partial charge is 0.399 e. The third-order valence-corrected chi connectivity index (χ3v) is 3.65. The molecular formula is C14H16ClN7O. The van der Waals surface area contributed by atoms with Crippen LogP contribution in [0.4, 0.5) is 11.4 Å². The van der Waals surface area contributed by atoms with Gasteiger partial charge >= 0.3 is 0 Å². The Balaban J connectivity index is 2.17. The smallest absolute Gasteiger partial charge is 0.138 e. The molecule has 4 N–H and O–H groups in total. The van der Waals surface area contributed by atoms with E-state index in [1.165, 1.54) is 11.3 Å². The highest BCUT2D eigenvalue weighted by Crippen LogP contribution is 2.36. The number of hydrazine groups is 1. The van der Waals surface area contributed by atoms with Crippen LogP contribution in [0.15, 0.2) is 47.2 Å². The lowest BCUT2D eigenvalue weighted by Gasteiger charge is -2.23. The number of rotatable bonds is 2. The highest BCUT2D eigenvalue weighted by molar-refractivity contribution is 6.31. The molecule has 0 unspecified atom stereocenters. The Morgan fingerprint density at radius 2 is 2.26 bits per heavy atom. The number of anilines is 1. The van der Waals surface area contributed by atoms with Gasteiger partial charge in [-0.25, -0.2) is 20.5 Å². The van der Waals surface area contributed by atoms with Crippen LogP contribution in [0.1, 0.15) is 6.42 Å². The molecule has 0 saturated heterocycles. The SMILES string of the molecule is COC/C(N)=C1\CC(n2cncn2)=Nc2ccc(Cl)cc2N1N. The molecule has 23 heavy (non-hydrogen) atoms. The van der Waals surface area contributed by atoms with E-state index >= 15 is 0 Å². The fourth-order valence-corrected chi connectivity index (χ4v) is 2.49. The summed E-state index contributed by atoms with van der Waals surface area (Å²) < 4.78 is 6.70. The van der Waals surface area contributed by atoms with Gasteiger partial charge in [0.15, 0.2) is 0 Å². The van der Waals surface area contributed by atoms with Crippen LogP contribution in [0.25, 0.3) is 0 Å². The van der Waals surface area contributed by atoms with Crippen LogP contribution < -0.4 is 16.6 Å². The lowest BCUT2D eigenvalue weighted by atomic mass is 10.2. The Bertz CT molecular complexity index is 769. The summed E-state index contributed by atoms with van der Waals surface area (Å²) in [6.45, 7) is 0.254. The molecule has 0 bridgehead atoms. The number of fused-ring (bicyclic) bond motifs is 1. The van der Waals surface area contributed by atoms with Crippen LogP contribution in [-0.4, -0.2) is 34.3 Å². The number of ether oxygens (including phenoxy) is 1. The molecule has 9 heteroatoms. The van der Waals surface area contributed by atoms with E-state index in [4.69, 9.17) is 27.9 Å². The van der Waals surface area contributed by atoms with Gasteiger partial charge in [-0.15, -0.1) is 0 Å². The van der Waals surface area contributed by atoms with Gasteiger partial charge in [-0.2, -0.15) is 5.10 Å². The van der Waals surface area contributed by atoms with Crippen molar-refractivity contribution in [3.05, 3.63) is 47.3 Å². The van der Waals surface area contributed by atoms with Crippen molar-refractivity contribution in [1.29, 1.82) is 0 Å². The summed E-state index contributed by atoms with van der Waals surface area (Å²) in [4.78, 5) is 8.59. The van der Waals surface area contributed by atoms with Crippen molar-refractivity contribution in [3.63, 3.8) is 0 Å². The highest BCUT2D eigenvalue weighted by atomic mass is 35.5. The molecule has 0 radical (unpaired) electrons. The van der Waals surface area contributed by atoms with Crippen LogP contribution in [0.2, 0.25) is 5.02 Å². The molecule has 120 valence electrons. The van der Waals surface area contributed by atoms with E-state index in [9.17, 15) is 0 Å². The molecular weight excluding hydrogens is 318 g/mol. The summed E-state index contributed by atoms with van der Waals surface area (Å²) >= 11 is 6.09. The lowest BCUT2D eigenvalue weighted by Crippen LogP contribution is -2.34. The van der Waals surface area contributed by atoms with E-state index in [-0.39, 0.29) is 6.61 Å². The predicted octanol–water partition coefficient (Wildman–Crippen LogP) is 1.41. The second-order valence-corrected chi connectivity index (χ2v) is 5.39. The maximum atomic E-state index is 6.27. The predicted molar refractivity (Wildman–Crippen MR) is 88.3 cm³/mol. The highest BCUT2D eigenvalue weighted by Gasteiger charge is 2.23. The molecule has 1 aliphatic heterocycles. The van der Waals surface area contributed by atoms with Gasteiger partial charge < -0.3 is 10.5 Å². The van der Waals surface area contributed by atoms with Crippen LogP contribution >= 0.6 is 11.6 Å². The number of halogens is 1. The zero-order valence-corrected chi connectivity index (χ0v) is 13.2. The zero-order chi connectivity index (χ0) is 16.4. The van der Waals surface area contributed by atoms with Crippen LogP contribution in [0.5, 0.6) is 0 Å². The van der Waals surface area contributed by atoms with Crippen molar-refractivity contribution in [3.8, 4) is 0 Å². The van der Waals surface area contributed by atoms with E-state index < -0.39 is 0 Å². The number of hydrogen-bond acceptors (Lipinski definition) is 7. The number of methoxy groups -OCH3 is 1. The van der Waals surface area contributed by atoms with E-state index in [1.54, 1.807) is 36.3 Å². The van der Waals surface area contributed by atoms with Crippen LogP contribution in [-0.2, 0) is 4.74 Å². The first-order valence-electron chi connectivity index (χ1n) is 6.83. The fourth-order valence-electron chi connectivity index (χ4n) is 2.32. The number of benzene rings is 1. The molecule has 3 rings (SSSR count). The van der Waals surface area contributed by atoms with Crippen molar-refractivity contribution >= 4 is 28.8 Å². The normalized spacial score (nSPS) is 16.7. The number of aromatic nitrogens is 3. The molecule has 1 aromatic heterocycles.